The Labute approximate surface area is 249 Å². The quantitative estimate of drug-likeness (QED) is 0.205. The summed E-state index contributed by atoms with van der Waals surface area (Å²) in [5.41, 5.74) is 8.23. The van der Waals surface area contributed by atoms with Gasteiger partial charge in [-0.3, -0.25) is 0 Å². The van der Waals surface area contributed by atoms with E-state index in [1.807, 2.05) is 11.3 Å². The number of thiophene rings is 1. The van der Waals surface area contributed by atoms with Gasteiger partial charge in [-0.05, 0) is 82.1 Å². The van der Waals surface area contributed by atoms with E-state index in [0.717, 1.165) is 17.1 Å². The third-order valence-electron chi connectivity index (χ3n) is 8.03. The highest BCUT2D eigenvalue weighted by molar-refractivity contribution is 7.25. The van der Waals surface area contributed by atoms with Crippen molar-refractivity contribution in [3.63, 3.8) is 0 Å². The van der Waals surface area contributed by atoms with Gasteiger partial charge < -0.3 is 4.90 Å². The highest BCUT2D eigenvalue weighted by Crippen LogP contribution is 2.43. The minimum atomic E-state index is 1.13. The number of anilines is 3. The van der Waals surface area contributed by atoms with E-state index in [1.54, 1.807) is 0 Å². The highest BCUT2D eigenvalue weighted by atomic mass is 32.1. The van der Waals surface area contributed by atoms with Crippen LogP contribution in [0, 0.1) is 0 Å². The summed E-state index contributed by atoms with van der Waals surface area (Å²) in [5.74, 6) is 0. The van der Waals surface area contributed by atoms with Crippen molar-refractivity contribution >= 4 is 59.3 Å². The van der Waals surface area contributed by atoms with Crippen molar-refractivity contribution in [2.45, 2.75) is 0 Å². The van der Waals surface area contributed by atoms with Gasteiger partial charge in [-0.15, -0.1) is 11.3 Å². The lowest BCUT2D eigenvalue weighted by Crippen LogP contribution is -2.11. The van der Waals surface area contributed by atoms with E-state index in [1.165, 1.54) is 53.2 Å². The zero-order valence-corrected chi connectivity index (χ0v) is 23.8. The molecule has 1 heterocycles. The average Bonchev–Trinajstić information content (AvgIpc) is 3.44. The summed E-state index contributed by atoms with van der Waals surface area (Å²) in [6.45, 7) is 0. The van der Waals surface area contributed by atoms with Gasteiger partial charge in [0, 0.05) is 37.1 Å². The third-order valence-corrected chi connectivity index (χ3v) is 9.19. The molecule has 0 amide bonds. The van der Waals surface area contributed by atoms with Crippen LogP contribution in [0.2, 0.25) is 0 Å². The molecule has 7 aromatic carbocycles. The van der Waals surface area contributed by atoms with Gasteiger partial charge in [-0.1, -0.05) is 109 Å². The molecule has 0 aliphatic heterocycles. The first-order valence-electron chi connectivity index (χ1n) is 14.3. The molecule has 0 unspecified atom stereocenters. The lowest BCUT2D eigenvalue weighted by Gasteiger charge is -2.28. The smallest absolute Gasteiger partial charge is 0.0540 e. The molecule has 42 heavy (non-hydrogen) atoms. The molecule has 0 atom stereocenters. The summed E-state index contributed by atoms with van der Waals surface area (Å²) in [6, 6.07) is 59.2. The second-order valence-corrected chi connectivity index (χ2v) is 11.7. The van der Waals surface area contributed by atoms with Crippen LogP contribution in [-0.2, 0) is 0 Å². The molecule has 0 bridgehead atoms. The molecule has 0 fully saturated rings. The van der Waals surface area contributed by atoms with Gasteiger partial charge in [0.2, 0.25) is 0 Å². The van der Waals surface area contributed by atoms with Crippen molar-refractivity contribution in [3.8, 4) is 22.3 Å². The van der Waals surface area contributed by atoms with Crippen LogP contribution >= 0.6 is 11.3 Å². The van der Waals surface area contributed by atoms with Crippen molar-refractivity contribution in [3.05, 3.63) is 164 Å². The zero-order valence-electron chi connectivity index (χ0n) is 22.9. The van der Waals surface area contributed by atoms with E-state index in [0.29, 0.717) is 0 Å². The Balaban J connectivity index is 1.29. The summed E-state index contributed by atoms with van der Waals surface area (Å²) in [4.78, 5) is 2.38. The van der Waals surface area contributed by atoms with Crippen LogP contribution in [0.25, 0.3) is 53.2 Å². The number of hydrogen-bond donors (Lipinski definition) is 0. The summed E-state index contributed by atoms with van der Waals surface area (Å²) in [6.07, 6.45) is 0. The van der Waals surface area contributed by atoms with Gasteiger partial charge in [-0.2, -0.15) is 0 Å². The molecule has 0 spiro atoms. The lowest BCUT2D eigenvalue weighted by atomic mass is 9.98. The summed E-state index contributed by atoms with van der Waals surface area (Å²) >= 11 is 1.86. The fraction of sp³-hybridized carbons (Fsp3) is 0. The molecule has 198 valence electrons. The fourth-order valence-electron chi connectivity index (χ4n) is 6.00. The Morgan fingerprint density at radius 2 is 1.07 bits per heavy atom. The van der Waals surface area contributed by atoms with Gasteiger partial charge in [-0.25, -0.2) is 0 Å². The molecule has 0 radical (unpaired) electrons. The van der Waals surface area contributed by atoms with Gasteiger partial charge >= 0.3 is 0 Å². The Hall–Kier alpha value is -5.18. The third kappa shape index (κ3) is 4.34. The number of hydrogen-bond acceptors (Lipinski definition) is 2. The van der Waals surface area contributed by atoms with Crippen LogP contribution in [0.5, 0.6) is 0 Å². The van der Waals surface area contributed by atoms with Crippen LogP contribution in [0.4, 0.5) is 17.1 Å². The molecule has 1 aromatic heterocycles. The first kappa shape index (κ1) is 24.6. The SMILES string of the molecule is c1ccc(N(c2cccc(-c3ccc4sc5ccccc5c4c3)c2)c2ccccc2-c2ccc3ccccc3c2)cc1. The summed E-state index contributed by atoms with van der Waals surface area (Å²) in [5, 5.41) is 5.14. The van der Waals surface area contributed by atoms with Gasteiger partial charge in [0.15, 0.2) is 0 Å². The minimum absolute atomic E-state index is 1.13. The molecular formula is C40H27NS. The number of benzene rings is 7. The monoisotopic (exact) mass is 553 g/mol. The molecular weight excluding hydrogens is 527 g/mol. The fourth-order valence-corrected chi connectivity index (χ4v) is 7.09. The largest absolute Gasteiger partial charge is 0.310 e. The second-order valence-electron chi connectivity index (χ2n) is 10.6. The number of para-hydroxylation sites is 2. The molecule has 0 N–H and O–H groups in total. The van der Waals surface area contributed by atoms with E-state index in [2.05, 4.69) is 169 Å². The summed E-state index contributed by atoms with van der Waals surface area (Å²) < 4.78 is 2.66. The van der Waals surface area contributed by atoms with E-state index in [-0.39, 0.29) is 0 Å². The second kappa shape index (κ2) is 10.3. The van der Waals surface area contributed by atoms with Crippen molar-refractivity contribution in [2.75, 3.05) is 4.90 Å². The first-order chi connectivity index (χ1) is 20.8. The maximum atomic E-state index is 2.38. The Bertz CT molecular complexity index is 2210. The predicted octanol–water partition coefficient (Wildman–Crippen LogP) is 12.0. The lowest BCUT2D eigenvalue weighted by molar-refractivity contribution is 1.28. The normalized spacial score (nSPS) is 11.3. The van der Waals surface area contributed by atoms with E-state index in [9.17, 15) is 0 Å². The van der Waals surface area contributed by atoms with Gasteiger partial charge in [0.25, 0.3) is 0 Å². The van der Waals surface area contributed by atoms with E-state index in [4.69, 9.17) is 0 Å². The molecule has 0 saturated carbocycles. The maximum Gasteiger partial charge on any atom is 0.0540 e. The van der Waals surface area contributed by atoms with E-state index >= 15 is 0 Å². The summed E-state index contributed by atoms with van der Waals surface area (Å²) in [7, 11) is 0. The number of rotatable bonds is 5. The van der Waals surface area contributed by atoms with Crippen LogP contribution in [-0.4, -0.2) is 0 Å². The number of nitrogens with zero attached hydrogens (tertiary/aromatic N) is 1. The van der Waals surface area contributed by atoms with Crippen molar-refractivity contribution < 1.29 is 0 Å². The Morgan fingerprint density at radius 1 is 0.381 bits per heavy atom. The topological polar surface area (TPSA) is 3.24 Å². The van der Waals surface area contributed by atoms with Crippen LogP contribution in [0.3, 0.4) is 0 Å². The molecule has 0 saturated heterocycles. The maximum absolute atomic E-state index is 2.38. The van der Waals surface area contributed by atoms with Crippen LogP contribution in [0.15, 0.2) is 164 Å². The predicted molar refractivity (Wildman–Crippen MR) is 182 cm³/mol. The van der Waals surface area contributed by atoms with Gasteiger partial charge in [0.05, 0.1) is 5.69 Å². The molecule has 2 heteroatoms. The van der Waals surface area contributed by atoms with Crippen molar-refractivity contribution in [2.24, 2.45) is 0 Å². The minimum Gasteiger partial charge on any atom is -0.310 e. The number of fused-ring (bicyclic) bond motifs is 4. The molecule has 1 nitrogen and oxygen atoms in total. The zero-order chi connectivity index (χ0) is 27.9. The molecule has 8 rings (SSSR count). The molecule has 0 aliphatic carbocycles. The average molecular weight is 554 g/mol. The Kier molecular flexibility index (Phi) is 6.05. The van der Waals surface area contributed by atoms with E-state index < -0.39 is 0 Å². The standard InChI is InChI=1S/C40H27NS/c1-2-14-33(15-3-1)41(38-19-8-6-17-35(38)32-22-21-28-11-4-5-12-29(28)25-32)34-16-10-13-30(26-34)31-23-24-40-37(27-31)36-18-7-9-20-39(36)42-40/h1-27H. The van der Waals surface area contributed by atoms with Crippen molar-refractivity contribution in [1.29, 1.82) is 0 Å². The van der Waals surface area contributed by atoms with Gasteiger partial charge in [0.1, 0.15) is 0 Å². The Morgan fingerprint density at radius 3 is 2.00 bits per heavy atom. The molecule has 8 aromatic rings. The van der Waals surface area contributed by atoms with Crippen molar-refractivity contribution in [1.82, 2.24) is 0 Å². The first-order valence-corrected chi connectivity index (χ1v) is 15.1. The highest BCUT2D eigenvalue weighted by Gasteiger charge is 2.18. The van der Waals surface area contributed by atoms with Crippen LogP contribution < -0.4 is 4.90 Å². The molecule has 0 aliphatic rings. The van der Waals surface area contributed by atoms with Crippen LogP contribution in [0.1, 0.15) is 0 Å².